The number of aliphatic hydroxyl groups is 1. The van der Waals surface area contributed by atoms with Gasteiger partial charge in [0.2, 0.25) is 5.95 Å². The molecule has 3 aromatic heterocycles. The number of anilines is 2. The molecule has 33 heavy (non-hydrogen) atoms. The van der Waals surface area contributed by atoms with E-state index in [9.17, 15) is 18.7 Å². The molecule has 11 heteroatoms. The number of pyridine rings is 2. The summed E-state index contributed by atoms with van der Waals surface area (Å²) in [7, 11) is 0. The lowest BCUT2D eigenvalue weighted by Gasteiger charge is -2.16. The number of aliphatic hydroxyl groups excluding tert-OH is 1. The first-order valence-corrected chi connectivity index (χ1v) is 10.5. The van der Waals surface area contributed by atoms with Gasteiger partial charge < -0.3 is 20.5 Å². The molecule has 0 bridgehead atoms. The number of hydrogen-bond acceptors (Lipinski definition) is 8. The second kappa shape index (κ2) is 9.90. The fraction of sp³-hybridized carbons (Fsp3) is 0.364. The van der Waals surface area contributed by atoms with Gasteiger partial charge in [0.25, 0.3) is 5.56 Å². The summed E-state index contributed by atoms with van der Waals surface area (Å²) in [5.74, 6) is 0.958. The van der Waals surface area contributed by atoms with Gasteiger partial charge in [0, 0.05) is 23.8 Å². The fourth-order valence-corrected chi connectivity index (χ4v) is 3.84. The van der Waals surface area contributed by atoms with Crippen LogP contribution >= 0.6 is 0 Å². The molecule has 9 nitrogen and oxygen atoms in total. The molecule has 0 saturated heterocycles. The largest absolute Gasteiger partial charge is 0.432 e. The molecule has 0 spiro atoms. The third kappa shape index (κ3) is 5.61. The third-order valence-electron chi connectivity index (χ3n) is 5.42. The van der Waals surface area contributed by atoms with E-state index in [0.717, 1.165) is 19.3 Å². The molecule has 3 heterocycles. The fourth-order valence-electron chi connectivity index (χ4n) is 3.84. The lowest BCUT2D eigenvalue weighted by atomic mass is 10.2. The van der Waals surface area contributed by atoms with E-state index in [0.29, 0.717) is 23.0 Å². The minimum absolute atomic E-state index is 0.0871. The molecule has 3 N–H and O–H groups in total. The topological polar surface area (TPSA) is 114 Å². The third-order valence-corrected chi connectivity index (χ3v) is 5.42. The van der Waals surface area contributed by atoms with Crippen molar-refractivity contribution in [3.05, 3.63) is 65.0 Å². The van der Waals surface area contributed by atoms with Crippen LogP contribution in [0.15, 0.2) is 53.8 Å². The van der Waals surface area contributed by atoms with Gasteiger partial charge in [-0.05, 0) is 50.5 Å². The second-order valence-electron chi connectivity index (χ2n) is 7.83. The number of aromatic nitrogens is 4. The first kappa shape index (κ1) is 22.6. The number of nitrogens with zero attached hydrogens (tertiary/aromatic N) is 4. The summed E-state index contributed by atoms with van der Waals surface area (Å²) >= 11 is 0. The van der Waals surface area contributed by atoms with Crippen molar-refractivity contribution in [1.29, 1.82) is 0 Å². The van der Waals surface area contributed by atoms with E-state index in [-0.39, 0.29) is 23.4 Å². The van der Waals surface area contributed by atoms with Crippen molar-refractivity contribution in [2.75, 3.05) is 10.6 Å². The van der Waals surface area contributed by atoms with Crippen molar-refractivity contribution in [3.63, 3.8) is 0 Å². The maximum absolute atomic E-state index is 12.5. The Bertz CT molecular complexity index is 1120. The Balaban J connectivity index is 1.33. The normalized spacial score (nSPS) is 18.8. The van der Waals surface area contributed by atoms with Crippen LogP contribution in [0.2, 0.25) is 0 Å². The van der Waals surface area contributed by atoms with E-state index in [1.54, 1.807) is 37.5 Å². The second-order valence-corrected chi connectivity index (χ2v) is 7.83. The molecule has 0 aliphatic heterocycles. The van der Waals surface area contributed by atoms with E-state index in [1.165, 1.54) is 17.0 Å². The molecule has 1 aliphatic carbocycles. The molecule has 0 aromatic carbocycles. The zero-order chi connectivity index (χ0) is 23.4. The Hall–Kier alpha value is -3.60. The average Bonchev–Trinajstić information content (AvgIpc) is 3.22. The zero-order valence-electron chi connectivity index (χ0n) is 17.9. The highest BCUT2D eigenvalue weighted by Crippen LogP contribution is 2.25. The summed E-state index contributed by atoms with van der Waals surface area (Å²) < 4.78 is 30.1. The molecular formula is C22H24F2N6O3. The van der Waals surface area contributed by atoms with Gasteiger partial charge in [0.05, 0.1) is 30.4 Å². The van der Waals surface area contributed by atoms with E-state index < -0.39 is 12.7 Å². The van der Waals surface area contributed by atoms with Crippen LogP contribution in [0, 0.1) is 0 Å². The van der Waals surface area contributed by atoms with E-state index >= 15 is 0 Å². The number of rotatable bonds is 8. The molecule has 1 saturated carbocycles. The van der Waals surface area contributed by atoms with Crippen molar-refractivity contribution >= 4 is 11.8 Å². The maximum Gasteiger partial charge on any atom is 0.387 e. The highest BCUT2D eigenvalue weighted by Gasteiger charge is 2.25. The van der Waals surface area contributed by atoms with Crippen LogP contribution in [0.5, 0.6) is 5.75 Å². The quantitative estimate of drug-likeness (QED) is 0.472. The number of hydrogen-bond donors (Lipinski definition) is 3. The number of nitrogens with one attached hydrogen (secondary N) is 2. The van der Waals surface area contributed by atoms with Crippen molar-refractivity contribution in [2.45, 2.75) is 51.0 Å². The van der Waals surface area contributed by atoms with Gasteiger partial charge in [-0.15, -0.1) is 0 Å². The first-order valence-electron chi connectivity index (χ1n) is 10.5. The standard InChI is InChI=1S/C22H24F2N6O3/c1-13(31)18-3-2-8-30(20(18)32)16-6-7-19(25-10-16)28-14-4-5-15(9-14)29-22-26-11-17(12-27-22)33-21(23)24/h2-3,6-8,10-15,21,31H,4-5,9H2,1H3,(H,25,28)(H,26,27,29)/t13-,14+,15+/m1/s1. The van der Waals surface area contributed by atoms with Gasteiger partial charge in [-0.25, -0.2) is 15.0 Å². The van der Waals surface area contributed by atoms with Crippen LogP contribution < -0.4 is 20.9 Å². The van der Waals surface area contributed by atoms with Crippen molar-refractivity contribution in [3.8, 4) is 11.4 Å². The Morgan fingerprint density at radius 2 is 1.82 bits per heavy atom. The zero-order valence-corrected chi connectivity index (χ0v) is 17.9. The Morgan fingerprint density at radius 1 is 1.09 bits per heavy atom. The minimum Gasteiger partial charge on any atom is -0.432 e. The van der Waals surface area contributed by atoms with Gasteiger partial charge in [-0.2, -0.15) is 8.78 Å². The Morgan fingerprint density at radius 3 is 2.45 bits per heavy atom. The van der Waals surface area contributed by atoms with Crippen LogP contribution in [0.1, 0.15) is 37.9 Å². The Kier molecular flexibility index (Phi) is 6.78. The summed E-state index contributed by atoms with van der Waals surface area (Å²) in [6.07, 6.45) is 7.41. The monoisotopic (exact) mass is 458 g/mol. The van der Waals surface area contributed by atoms with E-state index in [2.05, 4.69) is 30.3 Å². The minimum atomic E-state index is -2.91. The van der Waals surface area contributed by atoms with Gasteiger partial charge >= 0.3 is 6.61 Å². The van der Waals surface area contributed by atoms with Crippen LogP contribution in [0.4, 0.5) is 20.5 Å². The molecular weight excluding hydrogens is 434 g/mol. The summed E-state index contributed by atoms with van der Waals surface area (Å²) in [6, 6.07) is 7.24. The summed E-state index contributed by atoms with van der Waals surface area (Å²) in [6.45, 7) is -1.36. The molecule has 3 atom stereocenters. The SMILES string of the molecule is C[C@@H](O)c1cccn(-c2ccc(N[C@H]3CC[C@H](Nc4ncc(OC(F)F)cn4)C3)nc2)c1=O. The predicted octanol–water partition coefficient (Wildman–Crippen LogP) is 3.12. The Labute approximate surface area is 188 Å². The lowest BCUT2D eigenvalue weighted by molar-refractivity contribution is -0.0503. The van der Waals surface area contributed by atoms with Gasteiger partial charge in [0.15, 0.2) is 5.75 Å². The first-order chi connectivity index (χ1) is 15.9. The maximum atomic E-state index is 12.5. The lowest BCUT2D eigenvalue weighted by Crippen LogP contribution is -2.23. The average molecular weight is 458 g/mol. The van der Waals surface area contributed by atoms with Crippen molar-refractivity contribution < 1.29 is 18.6 Å². The summed E-state index contributed by atoms with van der Waals surface area (Å²) in [5.41, 5.74) is 0.649. The molecule has 174 valence electrons. The number of halogens is 2. The highest BCUT2D eigenvalue weighted by atomic mass is 19.3. The molecule has 0 radical (unpaired) electrons. The van der Waals surface area contributed by atoms with Crippen LogP contribution in [0.3, 0.4) is 0 Å². The predicted molar refractivity (Wildman–Crippen MR) is 118 cm³/mol. The van der Waals surface area contributed by atoms with Crippen LogP contribution in [-0.2, 0) is 0 Å². The van der Waals surface area contributed by atoms with Crippen molar-refractivity contribution in [2.24, 2.45) is 0 Å². The molecule has 3 aromatic rings. The molecule has 0 amide bonds. The number of ether oxygens (including phenoxy) is 1. The van der Waals surface area contributed by atoms with E-state index in [1.807, 2.05) is 6.07 Å². The van der Waals surface area contributed by atoms with Crippen LogP contribution in [-0.4, -0.2) is 43.3 Å². The highest BCUT2D eigenvalue weighted by molar-refractivity contribution is 5.42. The molecule has 0 unspecified atom stereocenters. The van der Waals surface area contributed by atoms with Gasteiger partial charge in [-0.1, -0.05) is 0 Å². The molecule has 4 rings (SSSR count). The summed E-state index contributed by atoms with van der Waals surface area (Å²) in [4.78, 5) is 25.0. The van der Waals surface area contributed by atoms with Gasteiger partial charge in [0.1, 0.15) is 5.82 Å². The summed E-state index contributed by atoms with van der Waals surface area (Å²) in [5, 5.41) is 16.3. The van der Waals surface area contributed by atoms with Crippen LogP contribution in [0.25, 0.3) is 5.69 Å². The van der Waals surface area contributed by atoms with E-state index in [4.69, 9.17) is 0 Å². The molecule has 1 aliphatic rings. The smallest absolute Gasteiger partial charge is 0.387 e. The van der Waals surface area contributed by atoms with Crippen molar-refractivity contribution in [1.82, 2.24) is 19.5 Å². The molecule has 1 fully saturated rings. The van der Waals surface area contributed by atoms with Gasteiger partial charge in [-0.3, -0.25) is 9.36 Å². The number of alkyl halides is 2.